The maximum atomic E-state index is 12.9. The van der Waals surface area contributed by atoms with Crippen molar-refractivity contribution in [2.24, 2.45) is 0 Å². The largest absolute Gasteiger partial charge is 0.480 e. The van der Waals surface area contributed by atoms with Crippen molar-refractivity contribution in [3.05, 3.63) is 95.1 Å². The molecule has 0 radical (unpaired) electrons. The van der Waals surface area contributed by atoms with Crippen molar-refractivity contribution in [3.8, 4) is 5.75 Å². The Hall–Kier alpha value is -3.60. The van der Waals surface area contributed by atoms with Gasteiger partial charge in [0.15, 0.2) is 6.10 Å². The molecule has 0 fully saturated rings. The Morgan fingerprint density at radius 3 is 2.35 bits per heavy atom. The fraction of sp³-hybridized carbons (Fsp3) is 0.231. The second-order valence-corrected chi connectivity index (χ2v) is 7.42. The number of amides is 2. The van der Waals surface area contributed by atoms with E-state index in [0.29, 0.717) is 30.0 Å². The minimum Gasteiger partial charge on any atom is -0.480 e. The van der Waals surface area contributed by atoms with E-state index in [-0.39, 0.29) is 11.8 Å². The fourth-order valence-electron chi connectivity index (χ4n) is 3.20. The van der Waals surface area contributed by atoms with E-state index in [0.717, 1.165) is 16.7 Å². The van der Waals surface area contributed by atoms with E-state index < -0.39 is 6.10 Å². The molecule has 0 heterocycles. The number of anilines is 1. The summed E-state index contributed by atoms with van der Waals surface area (Å²) < 4.78 is 6.00. The number of benzene rings is 3. The highest BCUT2D eigenvalue weighted by molar-refractivity contribution is 6.04. The molecule has 2 N–H and O–H groups in total. The van der Waals surface area contributed by atoms with Gasteiger partial charge in [0.1, 0.15) is 5.75 Å². The third-order valence-electron chi connectivity index (χ3n) is 5.21. The molecule has 0 aromatic heterocycles. The third kappa shape index (κ3) is 5.72. The highest BCUT2D eigenvalue weighted by Crippen LogP contribution is 2.23. The molecule has 0 aliphatic carbocycles. The summed E-state index contributed by atoms with van der Waals surface area (Å²) in [5.74, 6) is 0.158. The molecule has 0 aliphatic rings. The van der Waals surface area contributed by atoms with Gasteiger partial charge in [-0.25, -0.2) is 0 Å². The van der Waals surface area contributed by atoms with Crippen molar-refractivity contribution in [2.75, 3.05) is 5.32 Å². The highest BCUT2D eigenvalue weighted by Gasteiger charge is 2.21. The second-order valence-electron chi connectivity index (χ2n) is 7.42. The zero-order chi connectivity index (χ0) is 22.2. The standard InChI is InChI=1S/C26H28N2O3/c1-4-23(31-24-16-10-11-18(2)19(24)3)26(30)28-22-15-9-8-14-21(22)25(29)27-17-20-12-6-5-7-13-20/h5-16,23H,4,17H2,1-3H3,(H,27,29)(H,28,30)/t23-/m0/s1. The predicted molar refractivity (Wildman–Crippen MR) is 123 cm³/mol. The number of carbonyl (C=O) groups excluding carboxylic acids is 2. The van der Waals surface area contributed by atoms with Gasteiger partial charge in [-0.2, -0.15) is 0 Å². The van der Waals surface area contributed by atoms with E-state index in [1.807, 2.05) is 69.3 Å². The van der Waals surface area contributed by atoms with Gasteiger partial charge in [-0.3, -0.25) is 9.59 Å². The Balaban J connectivity index is 1.70. The quantitative estimate of drug-likeness (QED) is 0.541. The summed E-state index contributed by atoms with van der Waals surface area (Å²) in [4.78, 5) is 25.7. The topological polar surface area (TPSA) is 67.4 Å². The van der Waals surface area contributed by atoms with Gasteiger partial charge in [-0.1, -0.05) is 61.5 Å². The van der Waals surface area contributed by atoms with Crippen molar-refractivity contribution >= 4 is 17.5 Å². The third-order valence-corrected chi connectivity index (χ3v) is 5.21. The van der Waals surface area contributed by atoms with Crippen LogP contribution in [-0.2, 0) is 11.3 Å². The lowest BCUT2D eigenvalue weighted by Gasteiger charge is -2.20. The molecule has 0 aliphatic heterocycles. The number of hydrogen-bond acceptors (Lipinski definition) is 3. The van der Waals surface area contributed by atoms with Gasteiger partial charge in [0.25, 0.3) is 11.8 Å². The van der Waals surface area contributed by atoms with E-state index in [9.17, 15) is 9.59 Å². The molecule has 5 nitrogen and oxygen atoms in total. The van der Waals surface area contributed by atoms with Crippen molar-refractivity contribution in [1.29, 1.82) is 0 Å². The molecule has 31 heavy (non-hydrogen) atoms. The molecule has 1 atom stereocenters. The van der Waals surface area contributed by atoms with Crippen LogP contribution < -0.4 is 15.4 Å². The number of ether oxygens (including phenoxy) is 1. The van der Waals surface area contributed by atoms with Gasteiger partial charge in [0.05, 0.1) is 11.3 Å². The Labute approximate surface area is 183 Å². The molecular formula is C26H28N2O3. The monoisotopic (exact) mass is 416 g/mol. The van der Waals surface area contributed by atoms with Crippen LogP contribution in [-0.4, -0.2) is 17.9 Å². The summed E-state index contributed by atoms with van der Waals surface area (Å²) in [6, 6.07) is 22.4. The van der Waals surface area contributed by atoms with Crippen LogP contribution in [0, 0.1) is 13.8 Å². The SMILES string of the molecule is CC[C@H](Oc1cccc(C)c1C)C(=O)Nc1ccccc1C(=O)NCc1ccccc1. The zero-order valence-corrected chi connectivity index (χ0v) is 18.1. The van der Waals surface area contributed by atoms with E-state index in [2.05, 4.69) is 10.6 Å². The van der Waals surface area contributed by atoms with Crippen LogP contribution >= 0.6 is 0 Å². The first-order valence-electron chi connectivity index (χ1n) is 10.4. The first-order chi connectivity index (χ1) is 15.0. The molecule has 2 amide bonds. The Kier molecular flexibility index (Phi) is 7.44. The molecule has 3 aromatic rings. The smallest absolute Gasteiger partial charge is 0.265 e. The highest BCUT2D eigenvalue weighted by atomic mass is 16.5. The second kappa shape index (κ2) is 10.4. The molecule has 0 bridgehead atoms. The molecule has 3 rings (SSSR count). The number of hydrogen-bond donors (Lipinski definition) is 2. The number of rotatable bonds is 8. The predicted octanol–water partition coefficient (Wildman–Crippen LogP) is 5.03. The van der Waals surface area contributed by atoms with Crippen molar-refractivity contribution in [1.82, 2.24) is 5.32 Å². The summed E-state index contributed by atoms with van der Waals surface area (Å²) in [7, 11) is 0. The summed E-state index contributed by atoms with van der Waals surface area (Å²) in [5.41, 5.74) is 3.99. The molecule has 3 aromatic carbocycles. The molecule has 0 spiro atoms. The molecule has 0 saturated carbocycles. The fourth-order valence-corrected chi connectivity index (χ4v) is 3.20. The zero-order valence-electron chi connectivity index (χ0n) is 18.1. The van der Waals surface area contributed by atoms with Crippen LogP contribution in [0.4, 0.5) is 5.69 Å². The number of nitrogens with one attached hydrogen (secondary N) is 2. The van der Waals surface area contributed by atoms with Crippen molar-refractivity contribution in [3.63, 3.8) is 0 Å². The number of para-hydroxylation sites is 1. The average molecular weight is 417 g/mol. The first kappa shape index (κ1) is 22.1. The minimum atomic E-state index is -0.666. The maximum Gasteiger partial charge on any atom is 0.265 e. The van der Waals surface area contributed by atoms with Crippen LogP contribution in [0.3, 0.4) is 0 Å². The van der Waals surface area contributed by atoms with Crippen LogP contribution in [0.2, 0.25) is 0 Å². The lowest BCUT2D eigenvalue weighted by molar-refractivity contribution is -0.122. The van der Waals surface area contributed by atoms with Crippen molar-refractivity contribution in [2.45, 2.75) is 39.8 Å². The molecular weight excluding hydrogens is 388 g/mol. The van der Waals surface area contributed by atoms with Crippen LogP contribution in [0.15, 0.2) is 72.8 Å². The lowest BCUT2D eigenvalue weighted by Crippen LogP contribution is -2.33. The Morgan fingerprint density at radius 1 is 0.903 bits per heavy atom. The number of aryl methyl sites for hydroxylation is 1. The summed E-state index contributed by atoms with van der Waals surface area (Å²) in [5, 5.41) is 5.77. The van der Waals surface area contributed by atoms with E-state index in [1.54, 1.807) is 24.3 Å². The molecule has 5 heteroatoms. The van der Waals surface area contributed by atoms with Crippen LogP contribution in [0.5, 0.6) is 5.75 Å². The van der Waals surface area contributed by atoms with Crippen molar-refractivity contribution < 1.29 is 14.3 Å². The lowest BCUT2D eigenvalue weighted by atomic mass is 10.1. The minimum absolute atomic E-state index is 0.247. The van der Waals surface area contributed by atoms with Gasteiger partial charge in [0.2, 0.25) is 0 Å². The van der Waals surface area contributed by atoms with E-state index in [1.165, 1.54) is 0 Å². The van der Waals surface area contributed by atoms with Gasteiger partial charge in [0, 0.05) is 6.54 Å². The van der Waals surface area contributed by atoms with Crippen LogP contribution in [0.25, 0.3) is 0 Å². The molecule has 160 valence electrons. The average Bonchev–Trinajstić information content (AvgIpc) is 2.79. The number of carbonyl (C=O) groups is 2. The Morgan fingerprint density at radius 2 is 1.61 bits per heavy atom. The van der Waals surface area contributed by atoms with Gasteiger partial charge >= 0.3 is 0 Å². The normalized spacial score (nSPS) is 11.5. The van der Waals surface area contributed by atoms with Gasteiger partial charge < -0.3 is 15.4 Å². The van der Waals surface area contributed by atoms with Crippen LogP contribution in [0.1, 0.15) is 40.4 Å². The van der Waals surface area contributed by atoms with Gasteiger partial charge in [-0.05, 0) is 55.2 Å². The Bertz CT molecular complexity index is 1050. The summed E-state index contributed by atoms with van der Waals surface area (Å²) in [6.45, 7) is 6.29. The summed E-state index contributed by atoms with van der Waals surface area (Å²) in [6.07, 6.45) is -0.164. The van der Waals surface area contributed by atoms with Gasteiger partial charge in [-0.15, -0.1) is 0 Å². The summed E-state index contributed by atoms with van der Waals surface area (Å²) >= 11 is 0. The first-order valence-corrected chi connectivity index (χ1v) is 10.4. The van der Waals surface area contributed by atoms with E-state index >= 15 is 0 Å². The van der Waals surface area contributed by atoms with E-state index in [4.69, 9.17) is 4.74 Å². The maximum absolute atomic E-state index is 12.9. The molecule has 0 unspecified atom stereocenters. The molecule has 0 saturated heterocycles.